The SMILES string of the molecule is CC[C@H]1S/C(=C(\C#N)C(=O)NCc2ccco2)N(c2ccc(Br)cc2)C1=O. The standard InChI is InChI=1S/C19H16BrN3O3S/c1-2-16-18(25)23(13-7-5-12(20)6-8-13)19(27-16)15(10-21)17(24)22-11-14-4-3-9-26-14/h3-9,16H,2,11H2,1H3,(H,22,24)/b19-15+/t16-/m1/s1. The molecule has 0 saturated carbocycles. The van der Waals surface area contributed by atoms with Crippen LogP contribution in [0, 0.1) is 11.3 Å². The summed E-state index contributed by atoms with van der Waals surface area (Å²) in [5.74, 6) is -0.0912. The number of rotatable bonds is 5. The third-order valence-electron chi connectivity index (χ3n) is 3.96. The smallest absolute Gasteiger partial charge is 0.265 e. The van der Waals surface area contributed by atoms with Gasteiger partial charge in [0.1, 0.15) is 22.4 Å². The number of amides is 2. The van der Waals surface area contributed by atoms with Crippen LogP contribution in [0.5, 0.6) is 0 Å². The number of anilines is 1. The van der Waals surface area contributed by atoms with E-state index < -0.39 is 5.91 Å². The van der Waals surface area contributed by atoms with Crippen LogP contribution in [0.4, 0.5) is 5.69 Å². The van der Waals surface area contributed by atoms with Crippen LogP contribution in [0.1, 0.15) is 19.1 Å². The molecule has 138 valence electrons. The molecule has 0 aliphatic carbocycles. The minimum Gasteiger partial charge on any atom is -0.467 e. The number of nitriles is 1. The predicted octanol–water partition coefficient (Wildman–Crippen LogP) is 3.95. The van der Waals surface area contributed by atoms with Crippen LogP contribution in [0.2, 0.25) is 0 Å². The summed E-state index contributed by atoms with van der Waals surface area (Å²) in [5, 5.41) is 12.3. The lowest BCUT2D eigenvalue weighted by Crippen LogP contribution is -2.31. The highest BCUT2D eigenvalue weighted by atomic mass is 79.9. The van der Waals surface area contributed by atoms with Crippen LogP contribution in [-0.2, 0) is 16.1 Å². The van der Waals surface area contributed by atoms with Gasteiger partial charge in [-0.3, -0.25) is 14.5 Å². The molecule has 0 spiro atoms. The van der Waals surface area contributed by atoms with Crippen LogP contribution in [0.3, 0.4) is 0 Å². The molecule has 2 heterocycles. The summed E-state index contributed by atoms with van der Waals surface area (Å²) < 4.78 is 6.06. The number of hydrogen-bond donors (Lipinski definition) is 1. The topological polar surface area (TPSA) is 86.3 Å². The average molecular weight is 446 g/mol. The van der Waals surface area contributed by atoms with Gasteiger partial charge in [-0.05, 0) is 42.8 Å². The first-order valence-corrected chi connectivity index (χ1v) is 9.93. The van der Waals surface area contributed by atoms with Gasteiger partial charge in [-0.1, -0.05) is 34.6 Å². The molecule has 2 aromatic rings. The van der Waals surface area contributed by atoms with E-state index in [2.05, 4.69) is 21.2 Å². The second-order valence-electron chi connectivity index (χ2n) is 5.72. The second-order valence-corrected chi connectivity index (χ2v) is 7.83. The Morgan fingerprint density at radius 2 is 2.11 bits per heavy atom. The van der Waals surface area contributed by atoms with Crippen molar-refractivity contribution >= 4 is 45.2 Å². The van der Waals surface area contributed by atoms with E-state index in [9.17, 15) is 14.9 Å². The number of hydrogen-bond acceptors (Lipinski definition) is 5. The van der Waals surface area contributed by atoms with E-state index in [-0.39, 0.29) is 23.3 Å². The van der Waals surface area contributed by atoms with Crippen LogP contribution in [0.25, 0.3) is 0 Å². The molecule has 1 aromatic heterocycles. The van der Waals surface area contributed by atoms with Crippen molar-refractivity contribution in [2.75, 3.05) is 4.90 Å². The lowest BCUT2D eigenvalue weighted by Gasteiger charge is -2.18. The number of thioether (sulfide) groups is 1. The molecule has 0 unspecified atom stereocenters. The summed E-state index contributed by atoms with van der Waals surface area (Å²) in [5.41, 5.74) is 0.534. The Balaban J connectivity index is 1.94. The first-order valence-electron chi connectivity index (χ1n) is 8.26. The average Bonchev–Trinajstić information content (AvgIpc) is 3.29. The lowest BCUT2D eigenvalue weighted by molar-refractivity contribution is -0.117. The highest BCUT2D eigenvalue weighted by Gasteiger charge is 2.39. The van der Waals surface area contributed by atoms with Crippen molar-refractivity contribution in [3.05, 3.63) is 63.5 Å². The Morgan fingerprint density at radius 1 is 1.37 bits per heavy atom. The third-order valence-corrected chi connectivity index (χ3v) is 5.92. The third kappa shape index (κ3) is 4.10. The summed E-state index contributed by atoms with van der Waals surface area (Å²) in [4.78, 5) is 26.9. The first kappa shape index (κ1) is 19.3. The number of benzene rings is 1. The number of furan rings is 1. The predicted molar refractivity (Wildman–Crippen MR) is 106 cm³/mol. The molecule has 27 heavy (non-hydrogen) atoms. The Morgan fingerprint density at radius 3 is 2.70 bits per heavy atom. The molecule has 8 heteroatoms. The van der Waals surface area contributed by atoms with Gasteiger partial charge in [-0.15, -0.1) is 0 Å². The number of nitrogens with zero attached hydrogens (tertiary/aromatic N) is 2. The zero-order valence-corrected chi connectivity index (χ0v) is 16.8. The van der Waals surface area contributed by atoms with E-state index in [0.717, 1.165) is 4.47 Å². The fourth-order valence-electron chi connectivity index (χ4n) is 2.61. The second kappa shape index (κ2) is 8.46. The minimum atomic E-state index is -0.539. The van der Waals surface area contributed by atoms with E-state index in [4.69, 9.17) is 4.42 Å². The van der Waals surface area contributed by atoms with E-state index in [0.29, 0.717) is 22.9 Å². The first-order chi connectivity index (χ1) is 13.0. The van der Waals surface area contributed by atoms with Gasteiger partial charge in [0.15, 0.2) is 0 Å². The highest BCUT2D eigenvalue weighted by Crippen LogP contribution is 2.41. The van der Waals surface area contributed by atoms with Crippen molar-refractivity contribution in [1.82, 2.24) is 5.32 Å². The maximum absolute atomic E-state index is 12.8. The van der Waals surface area contributed by atoms with E-state index in [1.165, 1.54) is 22.9 Å². The van der Waals surface area contributed by atoms with Gasteiger partial charge in [0.25, 0.3) is 5.91 Å². The molecule has 1 fully saturated rings. The van der Waals surface area contributed by atoms with Crippen molar-refractivity contribution < 1.29 is 14.0 Å². The minimum absolute atomic E-state index is 0.0845. The molecular weight excluding hydrogens is 430 g/mol. The Kier molecular flexibility index (Phi) is 6.04. The molecule has 1 aliphatic rings. The van der Waals surface area contributed by atoms with Crippen molar-refractivity contribution in [1.29, 1.82) is 5.26 Å². The molecular formula is C19H16BrN3O3S. The number of nitrogens with one attached hydrogen (secondary N) is 1. The summed E-state index contributed by atoms with van der Waals surface area (Å²) in [6, 6.07) is 12.6. The van der Waals surface area contributed by atoms with E-state index in [1.807, 2.05) is 25.1 Å². The van der Waals surface area contributed by atoms with Crippen molar-refractivity contribution in [2.24, 2.45) is 0 Å². The van der Waals surface area contributed by atoms with Crippen LogP contribution < -0.4 is 10.2 Å². The molecule has 1 N–H and O–H groups in total. The van der Waals surface area contributed by atoms with Gasteiger partial charge in [0.2, 0.25) is 5.91 Å². The van der Waals surface area contributed by atoms with Gasteiger partial charge in [-0.2, -0.15) is 5.26 Å². The number of carbonyl (C=O) groups excluding carboxylic acids is 2. The summed E-state index contributed by atoms with van der Waals surface area (Å²) in [6.45, 7) is 2.07. The Bertz CT molecular complexity index is 917. The van der Waals surface area contributed by atoms with E-state index in [1.54, 1.807) is 24.3 Å². The van der Waals surface area contributed by atoms with Crippen LogP contribution in [0.15, 0.2) is 62.2 Å². The lowest BCUT2D eigenvalue weighted by atomic mass is 10.2. The quantitative estimate of drug-likeness (QED) is 0.555. The van der Waals surface area contributed by atoms with Gasteiger partial charge < -0.3 is 9.73 Å². The maximum Gasteiger partial charge on any atom is 0.265 e. The van der Waals surface area contributed by atoms with Gasteiger partial charge in [-0.25, -0.2) is 0 Å². The molecule has 1 saturated heterocycles. The molecule has 0 bridgehead atoms. The molecule has 3 rings (SSSR count). The molecule has 1 atom stereocenters. The van der Waals surface area contributed by atoms with Crippen LogP contribution in [-0.4, -0.2) is 17.1 Å². The Labute approximate surface area is 169 Å². The largest absolute Gasteiger partial charge is 0.467 e. The molecule has 1 aromatic carbocycles. The maximum atomic E-state index is 12.8. The monoisotopic (exact) mass is 445 g/mol. The highest BCUT2D eigenvalue weighted by molar-refractivity contribution is 9.10. The van der Waals surface area contributed by atoms with Crippen LogP contribution >= 0.6 is 27.7 Å². The molecule has 2 amide bonds. The fourth-order valence-corrected chi connectivity index (χ4v) is 4.07. The fraction of sp³-hybridized carbons (Fsp3) is 0.211. The summed E-state index contributed by atoms with van der Waals surface area (Å²) >= 11 is 4.62. The molecule has 1 aliphatic heterocycles. The molecule has 0 radical (unpaired) electrons. The zero-order valence-electron chi connectivity index (χ0n) is 14.4. The normalized spacial score (nSPS) is 18.3. The molecule has 6 nitrogen and oxygen atoms in total. The summed E-state index contributed by atoms with van der Waals surface area (Å²) in [7, 11) is 0. The van der Waals surface area contributed by atoms with Crippen molar-refractivity contribution in [2.45, 2.75) is 25.1 Å². The zero-order chi connectivity index (χ0) is 19.4. The number of carbonyl (C=O) groups is 2. The summed E-state index contributed by atoms with van der Waals surface area (Å²) in [6.07, 6.45) is 2.12. The van der Waals surface area contributed by atoms with Crippen molar-refractivity contribution in [3.63, 3.8) is 0 Å². The van der Waals surface area contributed by atoms with Gasteiger partial charge in [0.05, 0.1) is 18.1 Å². The van der Waals surface area contributed by atoms with E-state index >= 15 is 0 Å². The van der Waals surface area contributed by atoms with Crippen molar-refractivity contribution in [3.8, 4) is 6.07 Å². The number of halogens is 1. The van der Waals surface area contributed by atoms with Gasteiger partial charge in [0, 0.05) is 10.2 Å². The van der Waals surface area contributed by atoms with Gasteiger partial charge >= 0.3 is 0 Å². The Hall–Kier alpha value is -2.50.